The highest BCUT2D eigenvalue weighted by atomic mass is 32.1. The zero-order valence-electron chi connectivity index (χ0n) is 9.16. The van der Waals surface area contributed by atoms with Gasteiger partial charge in [-0.15, -0.1) is 0 Å². The molecule has 2 nitrogen and oxygen atoms in total. The lowest BCUT2D eigenvalue weighted by Gasteiger charge is -2.10. The molecule has 0 radical (unpaired) electrons. The molecule has 0 saturated carbocycles. The molecule has 1 heterocycles. The number of rotatable bonds is 4. The zero-order chi connectivity index (χ0) is 10.7. The van der Waals surface area contributed by atoms with Crippen molar-refractivity contribution in [2.45, 2.75) is 32.7 Å². The van der Waals surface area contributed by atoms with Crippen LogP contribution < -0.4 is 5.32 Å². The maximum atomic E-state index is 4.54. The van der Waals surface area contributed by atoms with Crippen molar-refractivity contribution in [1.82, 2.24) is 4.98 Å². The van der Waals surface area contributed by atoms with Gasteiger partial charge in [0, 0.05) is 6.04 Å². The average molecular weight is 220 g/mol. The van der Waals surface area contributed by atoms with Crippen molar-refractivity contribution in [3.05, 3.63) is 24.3 Å². The lowest BCUT2D eigenvalue weighted by atomic mass is 10.2. The summed E-state index contributed by atoms with van der Waals surface area (Å²) >= 11 is 1.73. The Morgan fingerprint density at radius 3 is 2.93 bits per heavy atom. The van der Waals surface area contributed by atoms with Gasteiger partial charge in [-0.1, -0.05) is 36.8 Å². The fraction of sp³-hybridized carbons (Fsp3) is 0.417. The molecule has 80 valence electrons. The number of nitrogens with one attached hydrogen (secondary N) is 1. The van der Waals surface area contributed by atoms with Crippen molar-refractivity contribution < 1.29 is 0 Å². The Morgan fingerprint density at radius 2 is 2.20 bits per heavy atom. The van der Waals surface area contributed by atoms with E-state index in [0.29, 0.717) is 6.04 Å². The number of hydrogen-bond donors (Lipinski definition) is 1. The highest BCUT2D eigenvalue weighted by Gasteiger charge is 2.05. The third kappa shape index (κ3) is 2.48. The molecule has 1 aromatic heterocycles. The fourth-order valence-electron chi connectivity index (χ4n) is 1.65. The zero-order valence-corrected chi connectivity index (χ0v) is 9.97. The molecule has 0 aliphatic carbocycles. The second-order valence-electron chi connectivity index (χ2n) is 3.82. The SMILES string of the molecule is CCC[C@H](C)Nc1nc2ccccc2s1. The second-order valence-corrected chi connectivity index (χ2v) is 4.85. The first-order chi connectivity index (χ1) is 7.29. The molecule has 0 aliphatic heterocycles. The van der Waals surface area contributed by atoms with Gasteiger partial charge in [-0.25, -0.2) is 4.98 Å². The number of benzene rings is 1. The quantitative estimate of drug-likeness (QED) is 0.845. The molecule has 15 heavy (non-hydrogen) atoms. The number of anilines is 1. The number of para-hydroxylation sites is 1. The summed E-state index contributed by atoms with van der Waals surface area (Å²) < 4.78 is 1.25. The number of thiazole rings is 1. The standard InChI is InChI=1S/C12H16N2S/c1-3-6-9(2)13-12-14-10-7-4-5-8-11(10)15-12/h4-5,7-9H,3,6H2,1-2H3,(H,13,14)/t9-/m0/s1. The molecule has 2 aromatic rings. The summed E-state index contributed by atoms with van der Waals surface area (Å²) in [4.78, 5) is 4.54. The smallest absolute Gasteiger partial charge is 0.183 e. The van der Waals surface area contributed by atoms with Crippen molar-refractivity contribution in [2.75, 3.05) is 5.32 Å². The van der Waals surface area contributed by atoms with Crippen molar-refractivity contribution in [3.63, 3.8) is 0 Å². The van der Waals surface area contributed by atoms with Crippen LogP contribution >= 0.6 is 11.3 Å². The Hall–Kier alpha value is -1.09. The first-order valence-corrected chi connectivity index (χ1v) is 6.23. The predicted octanol–water partition coefficient (Wildman–Crippen LogP) is 3.90. The van der Waals surface area contributed by atoms with Crippen LogP contribution in [0.2, 0.25) is 0 Å². The van der Waals surface area contributed by atoms with Crippen LogP contribution in [0.1, 0.15) is 26.7 Å². The summed E-state index contributed by atoms with van der Waals surface area (Å²) in [6.45, 7) is 4.41. The van der Waals surface area contributed by atoms with Crippen molar-refractivity contribution in [1.29, 1.82) is 0 Å². The molecule has 0 unspecified atom stereocenters. The van der Waals surface area contributed by atoms with Crippen LogP contribution in [0, 0.1) is 0 Å². The van der Waals surface area contributed by atoms with Crippen LogP contribution in [0.5, 0.6) is 0 Å². The maximum absolute atomic E-state index is 4.54. The van der Waals surface area contributed by atoms with Gasteiger partial charge in [0.1, 0.15) is 0 Å². The largest absolute Gasteiger partial charge is 0.359 e. The van der Waals surface area contributed by atoms with Gasteiger partial charge in [-0.3, -0.25) is 0 Å². The van der Waals surface area contributed by atoms with Crippen LogP contribution in [-0.4, -0.2) is 11.0 Å². The molecule has 0 aliphatic rings. The van der Waals surface area contributed by atoms with E-state index in [1.54, 1.807) is 11.3 Å². The molecular weight excluding hydrogens is 204 g/mol. The van der Waals surface area contributed by atoms with E-state index in [0.717, 1.165) is 10.6 Å². The summed E-state index contributed by atoms with van der Waals surface area (Å²) in [5.74, 6) is 0. The van der Waals surface area contributed by atoms with E-state index in [-0.39, 0.29) is 0 Å². The van der Waals surface area contributed by atoms with Crippen LogP contribution in [0.3, 0.4) is 0 Å². The molecule has 1 N–H and O–H groups in total. The summed E-state index contributed by atoms with van der Waals surface area (Å²) in [7, 11) is 0. The number of aromatic nitrogens is 1. The maximum Gasteiger partial charge on any atom is 0.183 e. The minimum Gasteiger partial charge on any atom is -0.359 e. The van der Waals surface area contributed by atoms with E-state index >= 15 is 0 Å². The van der Waals surface area contributed by atoms with E-state index in [9.17, 15) is 0 Å². The van der Waals surface area contributed by atoms with Gasteiger partial charge in [0.2, 0.25) is 0 Å². The van der Waals surface area contributed by atoms with Gasteiger partial charge < -0.3 is 5.32 Å². The van der Waals surface area contributed by atoms with Crippen molar-refractivity contribution in [2.24, 2.45) is 0 Å². The number of fused-ring (bicyclic) bond motifs is 1. The fourth-order valence-corrected chi connectivity index (χ4v) is 2.63. The van der Waals surface area contributed by atoms with Gasteiger partial charge in [0.25, 0.3) is 0 Å². The van der Waals surface area contributed by atoms with E-state index < -0.39 is 0 Å². The molecule has 2 rings (SSSR count). The highest BCUT2D eigenvalue weighted by Crippen LogP contribution is 2.26. The topological polar surface area (TPSA) is 24.9 Å². The summed E-state index contributed by atoms with van der Waals surface area (Å²) in [6, 6.07) is 8.76. The molecule has 3 heteroatoms. The third-order valence-electron chi connectivity index (χ3n) is 2.39. The lowest BCUT2D eigenvalue weighted by Crippen LogP contribution is -2.13. The van der Waals surface area contributed by atoms with Crippen molar-refractivity contribution in [3.8, 4) is 0 Å². The average Bonchev–Trinajstić information content (AvgIpc) is 2.59. The summed E-state index contributed by atoms with van der Waals surface area (Å²) in [6.07, 6.45) is 2.40. The van der Waals surface area contributed by atoms with E-state index in [1.165, 1.54) is 17.5 Å². The predicted molar refractivity (Wildman–Crippen MR) is 67.6 cm³/mol. The highest BCUT2D eigenvalue weighted by molar-refractivity contribution is 7.22. The monoisotopic (exact) mass is 220 g/mol. The molecule has 0 spiro atoms. The van der Waals surface area contributed by atoms with Crippen LogP contribution in [0.25, 0.3) is 10.2 Å². The molecule has 0 bridgehead atoms. The Morgan fingerprint density at radius 1 is 1.40 bits per heavy atom. The Balaban J connectivity index is 2.15. The minimum atomic E-state index is 0.510. The molecular formula is C12H16N2S. The normalized spacial score (nSPS) is 12.9. The number of nitrogens with zero attached hydrogens (tertiary/aromatic N) is 1. The van der Waals surface area contributed by atoms with Crippen LogP contribution in [0.15, 0.2) is 24.3 Å². The van der Waals surface area contributed by atoms with Crippen molar-refractivity contribution >= 4 is 26.7 Å². The molecule has 1 aromatic carbocycles. The number of hydrogen-bond acceptors (Lipinski definition) is 3. The summed E-state index contributed by atoms with van der Waals surface area (Å²) in [5.41, 5.74) is 1.09. The Kier molecular flexibility index (Phi) is 3.21. The first kappa shape index (κ1) is 10.4. The van der Waals surface area contributed by atoms with Gasteiger partial charge in [-0.05, 0) is 25.5 Å². The molecule has 0 saturated heterocycles. The minimum absolute atomic E-state index is 0.510. The molecule has 0 fully saturated rings. The van der Waals surface area contributed by atoms with Crippen LogP contribution in [0.4, 0.5) is 5.13 Å². The van der Waals surface area contributed by atoms with Gasteiger partial charge >= 0.3 is 0 Å². The van der Waals surface area contributed by atoms with Gasteiger partial charge in [0.15, 0.2) is 5.13 Å². The van der Waals surface area contributed by atoms with Crippen LogP contribution in [-0.2, 0) is 0 Å². The third-order valence-corrected chi connectivity index (χ3v) is 3.35. The molecule has 1 atom stereocenters. The Bertz CT molecular complexity index is 403. The van der Waals surface area contributed by atoms with E-state index in [1.807, 2.05) is 6.07 Å². The Labute approximate surface area is 94.3 Å². The first-order valence-electron chi connectivity index (χ1n) is 5.41. The van der Waals surface area contributed by atoms with Gasteiger partial charge in [-0.2, -0.15) is 0 Å². The van der Waals surface area contributed by atoms with Gasteiger partial charge in [0.05, 0.1) is 10.2 Å². The van der Waals surface area contributed by atoms with E-state index in [4.69, 9.17) is 0 Å². The molecule has 0 amide bonds. The second kappa shape index (κ2) is 4.62. The van der Waals surface area contributed by atoms with E-state index in [2.05, 4.69) is 42.3 Å². The lowest BCUT2D eigenvalue weighted by molar-refractivity contribution is 0.690. The summed E-state index contributed by atoms with van der Waals surface area (Å²) in [5, 5.41) is 4.48.